The number of carbonyl (C=O) groups excluding carboxylic acids is 2. The molecule has 0 heterocycles. The van der Waals surface area contributed by atoms with Crippen LogP contribution in [0.1, 0.15) is 26.3 Å². The van der Waals surface area contributed by atoms with Gasteiger partial charge < -0.3 is 24.1 Å². The minimum Gasteiger partial charge on any atom is -0.507 e. The monoisotopic (exact) mass is 450 g/mol. The van der Waals surface area contributed by atoms with Gasteiger partial charge in [0.05, 0.1) is 38.7 Å². The van der Waals surface area contributed by atoms with E-state index in [4.69, 9.17) is 18.9 Å². The molecule has 0 saturated heterocycles. The van der Waals surface area contributed by atoms with Crippen molar-refractivity contribution in [3.8, 4) is 28.7 Å². The molecule has 2 N–H and O–H groups in total. The number of esters is 1. The van der Waals surface area contributed by atoms with E-state index in [0.717, 1.165) is 0 Å². The number of hydrogen-bond acceptors (Lipinski definition) is 8. The number of rotatable bonds is 8. The number of nitrogens with zero attached hydrogens (tertiary/aromatic N) is 1. The van der Waals surface area contributed by atoms with Crippen molar-refractivity contribution >= 4 is 18.1 Å². The van der Waals surface area contributed by atoms with Crippen LogP contribution < -0.4 is 24.4 Å². The van der Waals surface area contributed by atoms with Crippen molar-refractivity contribution in [3.63, 3.8) is 0 Å². The molecule has 3 aromatic carbocycles. The summed E-state index contributed by atoms with van der Waals surface area (Å²) < 4.78 is 21.3. The summed E-state index contributed by atoms with van der Waals surface area (Å²) in [6.45, 7) is 0. The zero-order chi connectivity index (χ0) is 23.8. The van der Waals surface area contributed by atoms with E-state index in [2.05, 4.69) is 10.5 Å². The maximum atomic E-state index is 12.8. The van der Waals surface area contributed by atoms with Crippen LogP contribution in [0.5, 0.6) is 28.7 Å². The van der Waals surface area contributed by atoms with Gasteiger partial charge in [-0.2, -0.15) is 5.10 Å². The minimum atomic E-state index is -0.659. The molecule has 0 unspecified atom stereocenters. The van der Waals surface area contributed by atoms with Gasteiger partial charge in [0.2, 0.25) is 5.75 Å². The topological polar surface area (TPSA) is 116 Å². The fourth-order valence-corrected chi connectivity index (χ4v) is 2.92. The molecule has 0 fully saturated rings. The molecule has 0 aliphatic carbocycles. The molecule has 0 radical (unpaired) electrons. The number of amides is 1. The molecule has 0 aliphatic heterocycles. The fourth-order valence-electron chi connectivity index (χ4n) is 2.92. The smallest absolute Gasteiger partial charge is 0.343 e. The molecule has 33 heavy (non-hydrogen) atoms. The zero-order valence-corrected chi connectivity index (χ0v) is 18.2. The Morgan fingerprint density at radius 1 is 0.879 bits per heavy atom. The van der Waals surface area contributed by atoms with Gasteiger partial charge in [0.1, 0.15) is 11.5 Å². The number of carbonyl (C=O) groups is 2. The molecule has 9 nitrogen and oxygen atoms in total. The molecular formula is C24H22N2O7. The molecule has 9 heteroatoms. The molecule has 1 amide bonds. The molecule has 0 saturated carbocycles. The van der Waals surface area contributed by atoms with Crippen LogP contribution in [0.3, 0.4) is 0 Å². The average Bonchev–Trinajstić information content (AvgIpc) is 2.84. The van der Waals surface area contributed by atoms with E-state index in [1.807, 2.05) is 0 Å². The van der Waals surface area contributed by atoms with E-state index in [0.29, 0.717) is 22.8 Å². The summed E-state index contributed by atoms with van der Waals surface area (Å²) in [7, 11) is 4.36. The van der Waals surface area contributed by atoms with E-state index in [9.17, 15) is 14.7 Å². The van der Waals surface area contributed by atoms with Crippen molar-refractivity contribution in [2.75, 3.05) is 21.3 Å². The number of phenolic OH excluding ortho intramolecular Hbond substituents is 1. The van der Waals surface area contributed by atoms with Crippen molar-refractivity contribution in [2.45, 2.75) is 0 Å². The van der Waals surface area contributed by atoms with Gasteiger partial charge >= 0.3 is 5.97 Å². The van der Waals surface area contributed by atoms with Crippen LogP contribution in [-0.2, 0) is 0 Å². The molecule has 0 bridgehead atoms. The highest BCUT2D eigenvalue weighted by Crippen LogP contribution is 2.38. The second kappa shape index (κ2) is 10.7. The van der Waals surface area contributed by atoms with Gasteiger partial charge in [0, 0.05) is 5.56 Å². The minimum absolute atomic E-state index is 0.0803. The van der Waals surface area contributed by atoms with Crippen molar-refractivity contribution in [1.82, 2.24) is 5.43 Å². The van der Waals surface area contributed by atoms with Gasteiger partial charge in [0.25, 0.3) is 5.91 Å². The zero-order valence-electron chi connectivity index (χ0n) is 18.2. The Labute approximate surface area is 190 Å². The van der Waals surface area contributed by atoms with E-state index in [1.54, 1.807) is 36.4 Å². The molecule has 0 spiro atoms. The lowest BCUT2D eigenvalue weighted by Gasteiger charge is -2.14. The summed E-state index contributed by atoms with van der Waals surface area (Å²) in [6.07, 6.45) is 1.33. The van der Waals surface area contributed by atoms with Gasteiger partial charge in [-0.25, -0.2) is 10.2 Å². The Balaban J connectivity index is 1.78. The first-order chi connectivity index (χ1) is 16.0. The van der Waals surface area contributed by atoms with Crippen molar-refractivity contribution in [3.05, 3.63) is 77.4 Å². The quantitative estimate of drug-likeness (QED) is 0.234. The number of benzene rings is 3. The van der Waals surface area contributed by atoms with E-state index < -0.39 is 11.9 Å². The summed E-state index contributed by atoms with van der Waals surface area (Å²) in [5.41, 5.74) is 3.03. The molecule has 0 aliphatic rings. The highest BCUT2D eigenvalue weighted by atomic mass is 16.5. The van der Waals surface area contributed by atoms with Crippen LogP contribution in [-0.4, -0.2) is 44.5 Å². The number of aromatic hydroxyl groups is 1. The highest BCUT2D eigenvalue weighted by molar-refractivity contribution is 5.98. The number of para-hydroxylation sites is 2. The van der Waals surface area contributed by atoms with Crippen LogP contribution >= 0.6 is 0 Å². The van der Waals surface area contributed by atoms with E-state index >= 15 is 0 Å². The van der Waals surface area contributed by atoms with Crippen LogP contribution in [0.15, 0.2) is 65.8 Å². The van der Waals surface area contributed by atoms with Gasteiger partial charge in [-0.1, -0.05) is 24.3 Å². The van der Waals surface area contributed by atoms with Gasteiger partial charge in [0.15, 0.2) is 11.5 Å². The molecule has 0 atom stereocenters. The van der Waals surface area contributed by atoms with Crippen molar-refractivity contribution in [2.24, 2.45) is 5.10 Å². The first kappa shape index (κ1) is 23.1. The number of hydrazone groups is 1. The SMILES string of the molecule is COc1cc(C(=O)Oc2ccccc2/C=N\NC(=O)c2ccccc2O)cc(OC)c1OC. The second-order valence-electron chi connectivity index (χ2n) is 6.56. The van der Waals surface area contributed by atoms with Crippen molar-refractivity contribution < 1.29 is 33.6 Å². The van der Waals surface area contributed by atoms with Crippen LogP contribution in [0, 0.1) is 0 Å². The largest absolute Gasteiger partial charge is 0.507 e. The van der Waals surface area contributed by atoms with E-state index in [1.165, 1.54) is 51.8 Å². The first-order valence-corrected chi connectivity index (χ1v) is 9.71. The first-order valence-electron chi connectivity index (χ1n) is 9.71. The third kappa shape index (κ3) is 5.40. The lowest BCUT2D eigenvalue weighted by molar-refractivity contribution is 0.0733. The normalized spacial score (nSPS) is 10.5. The maximum absolute atomic E-state index is 12.8. The molecule has 3 rings (SSSR count). The summed E-state index contributed by atoms with van der Waals surface area (Å²) >= 11 is 0. The third-order valence-corrected chi connectivity index (χ3v) is 4.54. The predicted octanol–water partition coefficient (Wildman–Crippen LogP) is 3.40. The number of ether oxygens (including phenoxy) is 4. The Kier molecular flexibility index (Phi) is 7.48. The second-order valence-corrected chi connectivity index (χ2v) is 6.56. The summed E-state index contributed by atoms with van der Waals surface area (Å²) in [4.78, 5) is 25.0. The van der Waals surface area contributed by atoms with Crippen LogP contribution in [0.25, 0.3) is 0 Å². The standard InChI is InChI=1S/C24H22N2O7/c1-30-20-12-16(13-21(31-2)22(20)32-3)24(29)33-19-11-7-4-8-15(19)14-25-26-23(28)17-9-5-6-10-18(17)27/h4-14,27H,1-3H3,(H,26,28)/b25-14-. The summed E-state index contributed by atoms with van der Waals surface area (Å²) in [6, 6.07) is 15.7. The average molecular weight is 450 g/mol. The van der Waals surface area contributed by atoms with Crippen molar-refractivity contribution in [1.29, 1.82) is 0 Å². The van der Waals surface area contributed by atoms with Gasteiger partial charge in [-0.3, -0.25) is 4.79 Å². The van der Waals surface area contributed by atoms with Gasteiger partial charge in [-0.15, -0.1) is 0 Å². The maximum Gasteiger partial charge on any atom is 0.343 e. The van der Waals surface area contributed by atoms with Gasteiger partial charge in [-0.05, 0) is 36.4 Å². The number of nitrogens with one attached hydrogen (secondary N) is 1. The predicted molar refractivity (Wildman–Crippen MR) is 121 cm³/mol. The Morgan fingerprint density at radius 3 is 2.15 bits per heavy atom. The molecule has 0 aromatic heterocycles. The number of hydrogen-bond donors (Lipinski definition) is 2. The number of methoxy groups -OCH3 is 3. The van der Waals surface area contributed by atoms with Crippen LogP contribution in [0.4, 0.5) is 0 Å². The number of phenols is 1. The van der Waals surface area contributed by atoms with E-state index in [-0.39, 0.29) is 22.6 Å². The summed E-state index contributed by atoms with van der Waals surface area (Å²) in [5.74, 6) is -0.216. The third-order valence-electron chi connectivity index (χ3n) is 4.54. The Morgan fingerprint density at radius 2 is 1.52 bits per heavy atom. The summed E-state index contributed by atoms with van der Waals surface area (Å²) in [5, 5.41) is 13.7. The molecule has 170 valence electrons. The fraction of sp³-hybridized carbons (Fsp3) is 0.125. The Hall–Kier alpha value is -4.53. The highest BCUT2D eigenvalue weighted by Gasteiger charge is 2.19. The molecule has 3 aromatic rings. The lowest BCUT2D eigenvalue weighted by Crippen LogP contribution is -2.17. The lowest BCUT2D eigenvalue weighted by atomic mass is 10.1. The Bertz CT molecular complexity index is 1170. The molecular weight excluding hydrogens is 428 g/mol. The van der Waals surface area contributed by atoms with Crippen LogP contribution in [0.2, 0.25) is 0 Å².